The number of nitrogens with zero attached hydrogens (tertiary/aromatic N) is 2. The summed E-state index contributed by atoms with van der Waals surface area (Å²) in [7, 11) is 0. The summed E-state index contributed by atoms with van der Waals surface area (Å²) in [6.45, 7) is 4.77. The molecule has 0 saturated heterocycles. The van der Waals surface area contributed by atoms with Crippen molar-refractivity contribution >= 4 is 34.3 Å². The Balaban J connectivity index is 1.08. The molecule has 2 heteroatoms. The molecule has 5 unspecified atom stereocenters. The Labute approximate surface area is 310 Å². The van der Waals surface area contributed by atoms with E-state index in [2.05, 4.69) is 163 Å². The molecule has 4 aromatic rings. The quantitative estimate of drug-likeness (QED) is 0.176. The number of hydrogen-bond donors (Lipinski definition) is 0. The zero-order valence-electron chi connectivity index (χ0n) is 30.9. The van der Waals surface area contributed by atoms with Crippen LogP contribution in [0.4, 0.5) is 5.69 Å². The third-order valence-electron chi connectivity index (χ3n) is 12.3. The fraction of sp³-hybridized carbons (Fsp3) is 0.320. The minimum absolute atomic E-state index is 0.244. The molecule has 0 amide bonds. The number of allylic oxidation sites excluding steroid dienone is 11. The van der Waals surface area contributed by atoms with Crippen molar-refractivity contribution in [2.24, 2.45) is 17.8 Å². The van der Waals surface area contributed by atoms with Crippen LogP contribution in [-0.2, 0) is 0 Å². The molecule has 1 heterocycles. The van der Waals surface area contributed by atoms with Crippen molar-refractivity contribution in [1.82, 2.24) is 4.57 Å². The highest BCUT2D eigenvalue weighted by molar-refractivity contribution is 5.87. The lowest BCUT2D eigenvalue weighted by Crippen LogP contribution is -2.36. The van der Waals surface area contributed by atoms with Crippen molar-refractivity contribution in [3.8, 4) is 11.1 Å². The zero-order chi connectivity index (χ0) is 35.0. The second kappa shape index (κ2) is 14.3. The molecule has 262 valence electrons. The number of fused-ring (bicyclic) bond motifs is 3. The van der Waals surface area contributed by atoms with Gasteiger partial charge in [-0.1, -0.05) is 141 Å². The van der Waals surface area contributed by atoms with Crippen LogP contribution < -0.4 is 15.5 Å². The van der Waals surface area contributed by atoms with Gasteiger partial charge in [0.05, 0.1) is 17.6 Å². The van der Waals surface area contributed by atoms with E-state index in [1.807, 2.05) is 0 Å². The van der Waals surface area contributed by atoms with E-state index in [1.165, 1.54) is 93.6 Å². The molecule has 1 aromatic heterocycles. The summed E-state index contributed by atoms with van der Waals surface area (Å²) in [6.07, 6.45) is 38.0. The van der Waals surface area contributed by atoms with Crippen LogP contribution in [0.3, 0.4) is 0 Å². The highest BCUT2D eigenvalue weighted by Gasteiger charge is 2.29. The largest absolute Gasteiger partial charge is 0.338 e. The monoisotopic (exact) mass is 680 g/mol. The van der Waals surface area contributed by atoms with E-state index in [-0.39, 0.29) is 6.04 Å². The first-order chi connectivity index (χ1) is 25.6. The van der Waals surface area contributed by atoms with Crippen molar-refractivity contribution in [2.45, 2.75) is 83.7 Å². The summed E-state index contributed by atoms with van der Waals surface area (Å²) >= 11 is 0. The topological polar surface area (TPSA) is 8.17 Å². The van der Waals surface area contributed by atoms with Gasteiger partial charge in [0.1, 0.15) is 0 Å². The van der Waals surface area contributed by atoms with Crippen molar-refractivity contribution in [1.29, 1.82) is 0 Å². The lowest BCUT2D eigenvalue weighted by molar-refractivity contribution is 0.489. The number of rotatable bonds is 7. The maximum atomic E-state index is 2.69. The van der Waals surface area contributed by atoms with Crippen molar-refractivity contribution in [3.05, 3.63) is 155 Å². The van der Waals surface area contributed by atoms with Crippen molar-refractivity contribution in [2.75, 3.05) is 4.90 Å². The van der Waals surface area contributed by atoms with Gasteiger partial charge in [0.2, 0.25) is 0 Å². The summed E-state index contributed by atoms with van der Waals surface area (Å²) in [5.41, 5.74) is 10.9. The van der Waals surface area contributed by atoms with E-state index in [4.69, 9.17) is 0 Å². The molecular formula is C50H52N2. The third-order valence-corrected chi connectivity index (χ3v) is 12.3. The van der Waals surface area contributed by atoms with Crippen molar-refractivity contribution < 1.29 is 0 Å². The normalized spacial score (nSPS) is 25.4. The number of benzene rings is 3. The van der Waals surface area contributed by atoms with Gasteiger partial charge in [0.25, 0.3) is 0 Å². The van der Waals surface area contributed by atoms with Gasteiger partial charge in [-0.05, 0) is 116 Å². The Morgan fingerprint density at radius 1 is 0.750 bits per heavy atom. The molecule has 9 rings (SSSR count). The minimum atomic E-state index is 0.244. The first-order valence-corrected chi connectivity index (χ1v) is 20.0. The van der Waals surface area contributed by atoms with Crippen LogP contribution in [0.5, 0.6) is 0 Å². The molecule has 0 fully saturated rings. The highest BCUT2D eigenvalue weighted by Crippen LogP contribution is 2.39. The van der Waals surface area contributed by atoms with E-state index in [9.17, 15) is 0 Å². The highest BCUT2D eigenvalue weighted by atomic mass is 15.2. The second-order valence-corrected chi connectivity index (χ2v) is 15.9. The molecule has 0 radical (unpaired) electrons. The van der Waals surface area contributed by atoms with Gasteiger partial charge in [-0.2, -0.15) is 0 Å². The van der Waals surface area contributed by atoms with E-state index in [1.54, 1.807) is 5.57 Å². The Kier molecular flexibility index (Phi) is 9.09. The van der Waals surface area contributed by atoms with Gasteiger partial charge in [-0.3, -0.25) is 0 Å². The Hall–Kier alpha value is -4.82. The summed E-state index contributed by atoms with van der Waals surface area (Å²) < 4.78 is 2.68. The molecule has 0 spiro atoms. The van der Waals surface area contributed by atoms with Crippen molar-refractivity contribution in [3.63, 3.8) is 0 Å². The van der Waals surface area contributed by atoms with Gasteiger partial charge in [-0.25, -0.2) is 0 Å². The first kappa shape index (κ1) is 33.0. The lowest BCUT2D eigenvalue weighted by atomic mass is 9.82. The maximum absolute atomic E-state index is 2.69. The summed E-state index contributed by atoms with van der Waals surface area (Å²) in [5, 5.41) is 4.19. The number of hydrogen-bond acceptors (Lipinski definition) is 1. The average molecular weight is 681 g/mol. The van der Waals surface area contributed by atoms with Crippen LogP contribution in [0.15, 0.2) is 139 Å². The predicted octanol–water partition coefficient (Wildman–Crippen LogP) is 11.6. The van der Waals surface area contributed by atoms with E-state index in [0.717, 1.165) is 19.3 Å². The van der Waals surface area contributed by atoms with Crippen LogP contribution in [-0.4, -0.2) is 10.6 Å². The first-order valence-electron chi connectivity index (χ1n) is 20.0. The summed E-state index contributed by atoms with van der Waals surface area (Å²) in [5.74, 6) is 1.50. The van der Waals surface area contributed by atoms with E-state index >= 15 is 0 Å². The van der Waals surface area contributed by atoms with Gasteiger partial charge >= 0.3 is 0 Å². The fourth-order valence-electron chi connectivity index (χ4n) is 9.55. The smallest absolute Gasteiger partial charge is 0.0586 e. The number of aromatic nitrogens is 1. The van der Waals surface area contributed by atoms with E-state index < -0.39 is 0 Å². The molecule has 5 atom stereocenters. The average Bonchev–Trinajstić information content (AvgIpc) is 3.51. The summed E-state index contributed by atoms with van der Waals surface area (Å²) in [4.78, 5) is 2.69. The van der Waals surface area contributed by atoms with Crippen LogP contribution in [0.2, 0.25) is 0 Å². The Morgan fingerprint density at radius 2 is 1.60 bits per heavy atom. The Bertz CT molecular complexity index is 2270. The third kappa shape index (κ3) is 6.31. The predicted molar refractivity (Wildman–Crippen MR) is 222 cm³/mol. The van der Waals surface area contributed by atoms with Gasteiger partial charge in [0, 0.05) is 27.3 Å². The molecule has 0 saturated carbocycles. The molecule has 0 N–H and O–H groups in total. The molecule has 5 aliphatic rings. The standard InChI is InChI=1S/C50H52N2/c1-35-18-29-46-47-30-28-45(51(43-16-10-5-11-17-43)44-26-23-40(24-27-44)38-14-8-4-9-15-38)34-50(47)52(49(46)32-35)48-31-25-42(33-36(48)2)41-21-19-39(20-22-41)37-12-6-3-7-13-37/h3,5-7,10,12-14,16,19-23,25-26,28-36,40,44,48H,4,8-9,11,15,17-18,24,27H2,1-2H3. The van der Waals surface area contributed by atoms with Crippen LogP contribution in [0, 0.1) is 17.8 Å². The maximum Gasteiger partial charge on any atom is 0.0586 e. The molecule has 2 nitrogen and oxygen atoms in total. The SMILES string of the molecule is CC1C=c2c(c3ccc(N(C4=CC=CCC4)C4C=CC(C5=CCCCC5)CC4)cc3n2C2C=CC(c3ccc(-c4ccccc4)cc3)=CC2C)=CC1. The van der Waals surface area contributed by atoms with Gasteiger partial charge < -0.3 is 9.47 Å². The van der Waals surface area contributed by atoms with Gasteiger partial charge in [0.15, 0.2) is 0 Å². The molecule has 52 heavy (non-hydrogen) atoms. The molecule has 0 bridgehead atoms. The van der Waals surface area contributed by atoms with Gasteiger partial charge in [-0.15, -0.1) is 0 Å². The van der Waals surface area contributed by atoms with E-state index in [0.29, 0.717) is 23.8 Å². The summed E-state index contributed by atoms with van der Waals surface area (Å²) in [6, 6.07) is 27.8. The Morgan fingerprint density at radius 3 is 2.35 bits per heavy atom. The molecular weight excluding hydrogens is 629 g/mol. The molecule has 3 aromatic carbocycles. The lowest BCUT2D eigenvalue weighted by Gasteiger charge is -2.38. The minimum Gasteiger partial charge on any atom is -0.338 e. The second-order valence-electron chi connectivity index (χ2n) is 15.9. The molecule has 0 aliphatic heterocycles. The van der Waals surface area contributed by atoms with Crippen LogP contribution in [0.1, 0.15) is 83.2 Å². The van der Waals surface area contributed by atoms with Crippen LogP contribution >= 0.6 is 0 Å². The zero-order valence-corrected chi connectivity index (χ0v) is 30.9. The molecule has 5 aliphatic carbocycles. The van der Waals surface area contributed by atoms with Crippen LogP contribution in [0.25, 0.3) is 39.8 Å². The fourth-order valence-corrected chi connectivity index (χ4v) is 9.55. The number of anilines is 1.